The summed E-state index contributed by atoms with van der Waals surface area (Å²) in [4.78, 5) is 29.4. The van der Waals surface area contributed by atoms with Crippen LogP contribution in [0.5, 0.6) is 0 Å². The molecule has 7 unspecified atom stereocenters. The van der Waals surface area contributed by atoms with E-state index in [1.807, 2.05) is 54.4 Å². The van der Waals surface area contributed by atoms with Crippen molar-refractivity contribution in [1.29, 1.82) is 0 Å². The molecule has 0 amide bonds. The van der Waals surface area contributed by atoms with Gasteiger partial charge < -0.3 is 24.1 Å². The van der Waals surface area contributed by atoms with E-state index in [0.29, 0.717) is 49.9 Å². The lowest BCUT2D eigenvalue weighted by Crippen LogP contribution is -2.45. The lowest BCUT2D eigenvalue weighted by Gasteiger charge is -2.34. The summed E-state index contributed by atoms with van der Waals surface area (Å²) in [5.74, 6) is 1.33. The van der Waals surface area contributed by atoms with Crippen LogP contribution in [0.4, 0.5) is 0 Å². The third kappa shape index (κ3) is 22.9. The number of cyclic esters (lactones) is 1. The Hall–Kier alpha value is -1.36. The molecule has 0 radical (unpaired) electrons. The van der Waals surface area contributed by atoms with Crippen LogP contribution in [-0.4, -0.2) is 95.3 Å². The van der Waals surface area contributed by atoms with Crippen LogP contribution >= 0.6 is 0 Å². The van der Waals surface area contributed by atoms with Crippen molar-refractivity contribution in [2.45, 2.75) is 198 Å². The first-order valence-electron chi connectivity index (χ1n) is 19.2. The fourth-order valence-corrected chi connectivity index (χ4v) is 6.19. The topological polar surface area (TPSA) is 124 Å². The molecule has 3 rings (SSSR count). The van der Waals surface area contributed by atoms with Gasteiger partial charge in [0.1, 0.15) is 12.0 Å². The summed E-state index contributed by atoms with van der Waals surface area (Å²) >= 11 is 0. The number of carbonyl (C=O) groups is 1. The summed E-state index contributed by atoms with van der Waals surface area (Å²) in [6.07, 6.45) is 4.62. The maximum atomic E-state index is 12.2. The van der Waals surface area contributed by atoms with E-state index < -0.39 is 18.0 Å². The van der Waals surface area contributed by atoms with Crippen molar-refractivity contribution in [1.82, 2.24) is 4.90 Å². The van der Waals surface area contributed by atoms with Gasteiger partial charge in [-0.25, -0.2) is 9.68 Å². The molecule has 10 nitrogen and oxygen atoms in total. The van der Waals surface area contributed by atoms with Crippen molar-refractivity contribution >= 4 is 11.9 Å². The second kappa shape index (κ2) is 29.2. The average Bonchev–Trinajstić information content (AvgIpc) is 3.35. The monoisotopic (exact) mass is 706 g/mol. The van der Waals surface area contributed by atoms with E-state index in [0.717, 1.165) is 32.4 Å². The number of hydrogen-bond donors (Lipinski definition) is 2. The summed E-state index contributed by atoms with van der Waals surface area (Å²) in [5.41, 5.74) is 0.521. The van der Waals surface area contributed by atoms with Crippen LogP contribution < -0.4 is 0 Å². The molecule has 10 heteroatoms. The molecule has 0 aliphatic carbocycles. The summed E-state index contributed by atoms with van der Waals surface area (Å²) in [6.45, 7) is 34.3. The van der Waals surface area contributed by atoms with Crippen LogP contribution in [0.1, 0.15) is 156 Å². The highest BCUT2D eigenvalue weighted by molar-refractivity contribution is 5.69. The minimum Gasteiger partial charge on any atom is -0.459 e. The van der Waals surface area contributed by atoms with E-state index in [4.69, 9.17) is 24.2 Å². The Bertz CT molecular complexity index is 852. The molecule has 8 atom stereocenters. The molecule has 294 valence electrons. The highest BCUT2D eigenvalue weighted by atomic mass is 17.1. The van der Waals surface area contributed by atoms with Crippen LogP contribution in [-0.2, 0) is 33.4 Å². The predicted molar refractivity (Wildman–Crippen MR) is 200 cm³/mol. The highest BCUT2D eigenvalue weighted by Gasteiger charge is 2.44. The van der Waals surface area contributed by atoms with Gasteiger partial charge in [-0.15, -0.1) is 0 Å². The van der Waals surface area contributed by atoms with Crippen molar-refractivity contribution in [2.75, 3.05) is 26.3 Å². The van der Waals surface area contributed by atoms with Crippen molar-refractivity contribution in [3.63, 3.8) is 0 Å². The Kier molecular flexibility index (Phi) is 31.0. The first-order chi connectivity index (χ1) is 23.1. The number of nitrogens with zero attached hydrogens (tertiary/aromatic N) is 1. The Labute approximate surface area is 301 Å². The van der Waals surface area contributed by atoms with Gasteiger partial charge in [-0.05, 0) is 79.1 Å². The third-order valence-electron chi connectivity index (χ3n) is 8.07. The molecule has 3 aliphatic rings. The van der Waals surface area contributed by atoms with Gasteiger partial charge in [0, 0.05) is 37.5 Å². The van der Waals surface area contributed by atoms with Crippen LogP contribution in [0.3, 0.4) is 0 Å². The summed E-state index contributed by atoms with van der Waals surface area (Å²) in [5, 5.41) is 18.5. The summed E-state index contributed by atoms with van der Waals surface area (Å²) < 4.78 is 23.0. The van der Waals surface area contributed by atoms with Crippen molar-refractivity contribution in [3.05, 3.63) is 5.57 Å². The second-order valence-electron chi connectivity index (χ2n) is 13.5. The van der Waals surface area contributed by atoms with Crippen LogP contribution in [0.2, 0.25) is 0 Å². The van der Waals surface area contributed by atoms with Gasteiger partial charge in [-0.1, -0.05) is 75.7 Å². The van der Waals surface area contributed by atoms with E-state index in [2.05, 4.69) is 44.4 Å². The number of hydrogen-bond acceptors (Lipinski definition) is 10. The fourth-order valence-electron chi connectivity index (χ4n) is 6.19. The molecule has 2 N–H and O–H groups in total. The van der Waals surface area contributed by atoms with E-state index in [1.54, 1.807) is 27.7 Å². The quantitative estimate of drug-likeness (QED) is 0.0834. The number of fused-ring (bicyclic) bond motifs is 2. The molecule has 2 bridgehead atoms. The van der Waals surface area contributed by atoms with Gasteiger partial charge >= 0.3 is 5.97 Å². The number of rotatable bonds is 8. The zero-order valence-electron chi connectivity index (χ0n) is 34.5. The van der Waals surface area contributed by atoms with Crippen LogP contribution in [0.15, 0.2) is 5.57 Å². The summed E-state index contributed by atoms with van der Waals surface area (Å²) in [6, 6.07) is -0.0245. The average molecular weight is 706 g/mol. The molecular weight excluding hydrogens is 626 g/mol. The number of morpholine rings is 1. The van der Waals surface area contributed by atoms with Crippen LogP contribution in [0, 0.1) is 11.8 Å². The Morgan fingerprint density at radius 2 is 1.59 bits per heavy atom. The molecule has 3 aliphatic heterocycles. The largest absolute Gasteiger partial charge is 0.459 e. The maximum absolute atomic E-state index is 12.2. The zero-order chi connectivity index (χ0) is 38.8. The fraction of sp³-hybridized carbons (Fsp3) is 0.923. The van der Waals surface area contributed by atoms with Gasteiger partial charge in [0.25, 0.3) is 0 Å². The van der Waals surface area contributed by atoms with Gasteiger partial charge in [-0.2, -0.15) is 0 Å². The van der Waals surface area contributed by atoms with Crippen molar-refractivity contribution < 1.29 is 43.8 Å². The number of esters is 1. The maximum Gasteiger partial charge on any atom is 0.306 e. The number of aliphatic hydroxyl groups is 1. The Morgan fingerprint density at radius 1 is 1.06 bits per heavy atom. The predicted octanol–water partition coefficient (Wildman–Crippen LogP) is 8.65. The molecule has 3 fully saturated rings. The Morgan fingerprint density at radius 3 is 2.06 bits per heavy atom. The number of carbonyl (C=O) groups excluding carboxylic acids is 2. The first kappa shape index (κ1) is 52.0. The molecule has 0 aromatic rings. The lowest BCUT2D eigenvalue weighted by atomic mass is 9.84. The van der Waals surface area contributed by atoms with E-state index in [1.165, 1.54) is 6.42 Å². The number of ether oxygens (including phenoxy) is 4. The second-order valence-corrected chi connectivity index (χ2v) is 13.5. The van der Waals surface area contributed by atoms with E-state index in [-0.39, 0.29) is 29.8 Å². The third-order valence-corrected chi connectivity index (χ3v) is 8.07. The van der Waals surface area contributed by atoms with Gasteiger partial charge in [-0.3, -0.25) is 15.0 Å². The molecule has 0 spiro atoms. The molecule has 0 aromatic carbocycles. The van der Waals surface area contributed by atoms with E-state index >= 15 is 0 Å². The molecule has 0 saturated carbocycles. The standard InChI is InChI=1S/C19H34O5.C11H19NO4.C3H8.3C2H6/c1-12-7-8-17(20)22-16(14(3)23-18(4,5)21)9-15-13(2)11-19(6,10-12)24-15;1-9(8-13)11(7-10(2)16-14)12-3-5-15-6-4-12;1-3-2;3*1-2/h12-16,21H,7-11H2,1-6H3;10-11,14H,3-7H2,1-2H3;3H2,1-2H3;3*1-2H3/t;10-,11?;;;;/m.1..../s1. The lowest BCUT2D eigenvalue weighted by molar-refractivity contribution is -0.276. The van der Waals surface area contributed by atoms with Crippen molar-refractivity contribution in [2.24, 2.45) is 11.8 Å². The smallest absolute Gasteiger partial charge is 0.306 e. The summed E-state index contributed by atoms with van der Waals surface area (Å²) in [7, 11) is 0. The highest BCUT2D eigenvalue weighted by Crippen LogP contribution is 2.42. The Balaban J connectivity index is -0.000000732. The molecule has 0 aromatic heterocycles. The van der Waals surface area contributed by atoms with Crippen LogP contribution in [0.25, 0.3) is 0 Å². The molecule has 49 heavy (non-hydrogen) atoms. The molecular formula is C39H79NO9. The van der Waals surface area contributed by atoms with Gasteiger partial charge in [0.05, 0.1) is 37.1 Å². The van der Waals surface area contributed by atoms with Crippen molar-refractivity contribution in [3.8, 4) is 0 Å². The molecule has 3 saturated heterocycles. The first-order valence-corrected chi connectivity index (χ1v) is 19.2. The minimum atomic E-state index is -1.26. The SMILES string of the molecule is CC.CC.CC.CC(=C=O)C(C[C@@H](C)OO)N1CCOCC1.CC1CCC(=O)OC(C(C)OC(C)(C)O)CC2OC(C)(C1)CC2C.CCC. The normalized spacial score (nSPS) is 27.2. The minimum absolute atomic E-state index is 0.0245. The van der Waals surface area contributed by atoms with Gasteiger partial charge in [0.2, 0.25) is 0 Å². The van der Waals surface area contributed by atoms with Gasteiger partial charge in [0.15, 0.2) is 5.79 Å². The zero-order valence-corrected chi connectivity index (χ0v) is 34.5. The van der Waals surface area contributed by atoms with E-state index in [9.17, 15) is 14.7 Å². The molecule has 3 heterocycles.